The summed E-state index contributed by atoms with van der Waals surface area (Å²) in [6, 6.07) is 6.95. The predicted octanol–water partition coefficient (Wildman–Crippen LogP) is 2.39. The average Bonchev–Trinajstić information content (AvgIpc) is 2.66. The Labute approximate surface area is 174 Å². The maximum absolute atomic E-state index is 12.2. The number of methoxy groups -OCH3 is 1. The van der Waals surface area contributed by atoms with Crippen molar-refractivity contribution in [3.63, 3.8) is 0 Å². The summed E-state index contributed by atoms with van der Waals surface area (Å²) < 4.78 is 61.5. The molecule has 0 spiro atoms. The molecule has 0 aromatic heterocycles. The molecule has 1 amide bonds. The number of primary sulfonamides is 1. The van der Waals surface area contributed by atoms with Crippen molar-refractivity contribution in [2.75, 3.05) is 19.0 Å². The minimum atomic E-state index is -4.17. The number of carbonyl (C=O) groups excluding carboxylic acids is 2. The highest BCUT2D eigenvalue weighted by atomic mass is 35.5. The van der Waals surface area contributed by atoms with Crippen LogP contribution < -0.4 is 19.9 Å². The number of nitrogens with one attached hydrogen (secondary N) is 1. The lowest BCUT2D eigenvalue weighted by Gasteiger charge is -2.11. The molecule has 0 unspecified atom stereocenters. The zero-order chi connectivity index (χ0) is 22.5. The average molecular weight is 465 g/mol. The Morgan fingerprint density at radius 1 is 1.17 bits per heavy atom. The van der Waals surface area contributed by atoms with Crippen molar-refractivity contribution in [1.29, 1.82) is 0 Å². The van der Waals surface area contributed by atoms with Crippen molar-refractivity contribution in [3.05, 3.63) is 47.0 Å². The smallest absolute Gasteiger partial charge is 0.387 e. The van der Waals surface area contributed by atoms with Gasteiger partial charge in [-0.3, -0.25) is 4.79 Å². The molecule has 0 bridgehead atoms. The maximum atomic E-state index is 12.2. The minimum Gasteiger partial charge on any atom is -0.495 e. The summed E-state index contributed by atoms with van der Waals surface area (Å²) in [5, 5.41) is 7.25. The lowest BCUT2D eigenvalue weighted by molar-refractivity contribution is -0.119. The van der Waals surface area contributed by atoms with Crippen molar-refractivity contribution in [3.8, 4) is 11.5 Å². The second kappa shape index (κ2) is 9.69. The van der Waals surface area contributed by atoms with Crippen LogP contribution in [0.15, 0.2) is 41.3 Å². The molecule has 0 aliphatic rings. The molecule has 13 heteroatoms. The number of ether oxygens (including phenoxy) is 3. The van der Waals surface area contributed by atoms with Crippen molar-refractivity contribution in [2.24, 2.45) is 5.14 Å². The van der Waals surface area contributed by atoms with Crippen LogP contribution in [0.4, 0.5) is 14.5 Å². The standard InChI is InChI=1S/C17H15ClF2N2O7S/c1-27-13-4-2-9(6-14(13)30(21,25)26)16(24)28-8-15(23)22-10-3-5-12(11(18)7-10)29-17(19)20/h2-7,17H,8H2,1H3,(H,22,23)(H2,21,25,26). The molecular formula is C17H15ClF2N2O7S. The summed E-state index contributed by atoms with van der Waals surface area (Å²) in [5.74, 6) is -2.09. The summed E-state index contributed by atoms with van der Waals surface area (Å²) in [4.78, 5) is 23.6. The van der Waals surface area contributed by atoms with Gasteiger partial charge in [0, 0.05) is 5.69 Å². The molecule has 0 radical (unpaired) electrons. The number of carbonyl (C=O) groups is 2. The topological polar surface area (TPSA) is 134 Å². The molecule has 0 saturated heterocycles. The Morgan fingerprint density at radius 3 is 2.40 bits per heavy atom. The van der Waals surface area contributed by atoms with Gasteiger partial charge in [0.05, 0.1) is 17.7 Å². The number of benzene rings is 2. The van der Waals surface area contributed by atoms with Gasteiger partial charge in [0.15, 0.2) is 6.61 Å². The van der Waals surface area contributed by atoms with E-state index in [9.17, 15) is 26.8 Å². The summed E-state index contributed by atoms with van der Waals surface area (Å²) in [6.45, 7) is -3.78. The molecule has 162 valence electrons. The molecule has 3 N–H and O–H groups in total. The fourth-order valence-electron chi connectivity index (χ4n) is 2.21. The molecule has 0 fully saturated rings. The number of hydrogen-bond acceptors (Lipinski definition) is 7. The van der Waals surface area contributed by atoms with Crippen molar-refractivity contribution < 1.29 is 41.0 Å². The van der Waals surface area contributed by atoms with Crippen LogP contribution >= 0.6 is 11.6 Å². The van der Waals surface area contributed by atoms with Gasteiger partial charge >= 0.3 is 12.6 Å². The van der Waals surface area contributed by atoms with Gasteiger partial charge in [0.1, 0.15) is 16.4 Å². The molecule has 9 nitrogen and oxygen atoms in total. The highest BCUT2D eigenvalue weighted by Gasteiger charge is 2.19. The number of alkyl halides is 2. The number of anilines is 1. The zero-order valence-corrected chi connectivity index (χ0v) is 16.8. The second-order valence-corrected chi connectivity index (χ2v) is 7.50. The largest absolute Gasteiger partial charge is 0.495 e. The molecule has 0 heterocycles. The minimum absolute atomic E-state index is 0.0667. The molecule has 2 aromatic carbocycles. The van der Waals surface area contributed by atoms with E-state index in [0.29, 0.717) is 0 Å². The van der Waals surface area contributed by atoms with E-state index in [1.807, 2.05) is 0 Å². The second-order valence-electron chi connectivity index (χ2n) is 5.56. The number of esters is 1. The molecular weight excluding hydrogens is 450 g/mol. The predicted molar refractivity (Wildman–Crippen MR) is 101 cm³/mol. The molecule has 0 aliphatic heterocycles. The maximum Gasteiger partial charge on any atom is 0.387 e. The van der Waals surface area contributed by atoms with Crippen molar-refractivity contribution in [1.82, 2.24) is 0 Å². The first kappa shape index (κ1) is 23.3. The van der Waals surface area contributed by atoms with Crippen LogP contribution in [0.5, 0.6) is 11.5 Å². The SMILES string of the molecule is COc1ccc(C(=O)OCC(=O)Nc2ccc(OC(F)F)c(Cl)c2)cc1S(N)(=O)=O. The summed E-state index contributed by atoms with van der Waals surface area (Å²) in [6.07, 6.45) is 0. The number of sulfonamides is 1. The van der Waals surface area contributed by atoms with E-state index in [-0.39, 0.29) is 27.8 Å². The van der Waals surface area contributed by atoms with Crippen LogP contribution in [-0.4, -0.2) is 40.6 Å². The third-order valence-corrected chi connectivity index (χ3v) is 4.70. The monoisotopic (exact) mass is 464 g/mol. The number of nitrogens with two attached hydrogens (primary N) is 1. The zero-order valence-electron chi connectivity index (χ0n) is 15.2. The Kier molecular flexibility index (Phi) is 7.54. The first-order valence-corrected chi connectivity index (χ1v) is 9.86. The molecule has 0 atom stereocenters. The molecule has 0 aliphatic carbocycles. The van der Waals surface area contributed by atoms with Crippen LogP contribution in [0.25, 0.3) is 0 Å². The fourth-order valence-corrected chi connectivity index (χ4v) is 3.16. The van der Waals surface area contributed by atoms with E-state index in [1.165, 1.54) is 31.4 Å². The van der Waals surface area contributed by atoms with Gasteiger partial charge in [-0.2, -0.15) is 8.78 Å². The van der Waals surface area contributed by atoms with Gasteiger partial charge in [0.25, 0.3) is 5.91 Å². The van der Waals surface area contributed by atoms with Crippen molar-refractivity contribution >= 4 is 39.2 Å². The molecule has 30 heavy (non-hydrogen) atoms. The van der Waals surface area contributed by atoms with E-state index in [4.69, 9.17) is 26.2 Å². The third-order valence-electron chi connectivity index (χ3n) is 3.47. The Bertz CT molecular complexity index is 1060. The van der Waals surface area contributed by atoms with Gasteiger partial charge in [-0.15, -0.1) is 0 Å². The molecule has 2 rings (SSSR count). The lowest BCUT2D eigenvalue weighted by atomic mass is 10.2. The van der Waals surface area contributed by atoms with E-state index in [0.717, 1.165) is 12.1 Å². The van der Waals surface area contributed by atoms with Crippen LogP contribution in [0.1, 0.15) is 10.4 Å². The number of amides is 1. The van der Waals surface area contributed by atoms with Gasteiger partial charge in [-0.25, -0.2) is 18.4 Å². The van der Waals surface area contributed by atoms with Crippen LogP contribution in [0.2, 0.25) is 5.02 Å². The van der Waals surface area contributed by atoms with Crippen LogP contribution in [-0.2, 0) is 19.6 Å². The lowest BCUT2D eigenvalue weighted by Crippen LogP contribution is -2.21. The first-order chi connectivity index (χ1) is 14.0. The number of rotatable bonds is 8. The first-order valence-electron chi connectivity index (χ1n) is 7.93. The van der Waals surface area contributed by atoms with Crippen LogP contribution in [0.3, 0.4) is 0 Å². The van der Waals surface area contributed by atoms with Gasteiger partial charge in [-0.05, 0) is 36.4 Å². The van der Waals surface area contributed by atoms with Crippen LogP contribution in [0, 0.1) is 0 Å². The van der Waals surface area contributed by atoms with Gasteiger partial charge in [0.2, 0.25) is 10.0 Å². The Balaban J connectivity index is 2.01. The highest BCUT2D eigenvalue weighted by molar-refractivity contribution is 7.89. The van der Waals surface area contributed by atoms with E-state index in [2.05, 4.69) is 10.1 Å². The fraction of sp³-hybridized carbons (Fsp3) is 0.176. The Morgan fingerprint density at radius 2 is 1.83 bits per heavy atom. The molecule has 0 saturated carbocycles. The normalized spacial score (nSPS) is 11.1. The van der Waals surface area contributed by atoms with E-state index < -0.39 is 40.0 Å². The third kappa shape index (κ3) is 6.27. The molecule has 2 aromatic rings. The van der Waals surface area contributed by atoms with Gasteiger partial charge in [-0.1, -0.05) is 11.6 Å². The van der Waals surface area contributed by atoms with E-state index >= 15 is 0 Å². The van der Waals surface area contributed by atoms with E-state index in [1.54, 1.807) is 0 Å². The van der Waals surface area contributed by atoms with Gasteiger partial charge < -0.3 is 19.5 Å². The Hall–Kier alpha value is -2.96. The highest BCUT2D eigenvalue weighted by Crippen LogP contribution is 2.29. The summed E-state index contributed by atoms with van der Waals surface area (Å²) in [7, 11) is -2.94. The number of halogens is 3. The van der Waals surface area contributed by atoms with Crippen molar-refractivity contribution in [2.45, 2.75) is 11.5 Å². The quantitative estimate of drug-likeness (QED) is 0.573. The summed E-state index contributed by atoms with van der Waals surface area (Å²) >= 11 is 5.78. The number of hydrogen-bond donors (Lipinski definition) is 2. The summed E-state index contributed by atoms with van der Waals surface area (Å²) in [5.41, 5.74) is -0.0344.